The SMILES string of the molecule is COc1ccc(S(=O)(=O)N2CCCCCC2)cc1C(=O)N(CC1CCC1)[C@@H](C)CO. The van der Waals surface area contributed by atoms with Crippen LogP contribution in [-0.2, 0) is 10.0 Å². The van der Waals surface area contributed by atoms with Crippen LogP contribution in [0.3, 0.4) is 0 Å². The molecule has 1 amide bonds. The summed E-state index contributed by atoms with van der Waals surface area (Å²) >= 11 is 0. The van der Waals surface area contributed by atoms with Crippen LogP contribution in [0.15, 0.2) is 23.1 Å². The lowest BCUT2D eigenvalue weighted by Gasteiger charge is -2.35. The van der Waals surface area contributed by atoms with Crippen molar-refractivity contribution in [2.75, 3.05) is 33.4 Å². The van der Waals surface area contributed by atoms with Gasteiger partial charge in [0.05, 0.1) is 30.2 Å². The molecule has 1 aromatic rings. The van der Waals surface area contributed by atoms with Gasteiger partial charge in [0.1, 0.15) is 5.75 Å². The minimum atomic E-state index is -3.68. The third-order valence-corrected chi connectivity index (χ3v) is 8.24. The topological polar surface area (TPSA) is 87.2 Å². The highest BCUT2D eigenvalue weighted by atomic mass is 32.2. The van der Waals surface area contributed by atoms with E-state index in [0.29, 0.717) is 31.3 Å². The Bertz CT molecular complexity index is 830. The van der Waals surface area contributed by atoms with Gasteiger partial charge in [0.15, 0.2) is 0 Å². The fourth-order valence-electron chi connectivity index (χ4n) is 4.12. The van der Waals surface area contributed by atoms with Gasteiger partial charge in [-0.15, -0.1) is 0 Å². The summed E-state index contributed by atoms with van der Waals surface area (Å²) in [5.41, 5.74) is 0.230. The van der Waals surface area contributed by atoms with Crippen LogP contribution in [0.2, 0.25) is 0 Å². The maximum atomic E-state index is 13.4. The van der Waals surface area contributed by atoms with Crippen molar-refractivity contribution in [3.8, 4) is 5.75 Å². The first-order valence-corrected chi connectivity index (χ1v) is 12.4. The Balaban J connectivity index is 1.93. The van der Waals surface area contributed by atoms with Crippen LogP contribution < -0.4 is 4.74 Å². The minimum Gasteiger partial charge on any atom is -0.496 e. The number of carbonyl (C=O) groups excluding carboxylic acids is 1. The van der Waals surface area contributed by atoms with Crippen LogP contribution in [-0.4, -0.2) is 68.0 Å². The zero-order valence-electron chi connectivity index (χ0n) is 18.0. The van der Waals surface area contributed by atoms with Crippen molar-refractivity contribution in [3.05, 3.63) is 23.8 Å². The summed E-state index contributed by atoms with van der Waals surface area (Å²) in [5.74, 6) is 0.477. The van der Waals surface area contributed by atoms with Crippen molar-refractivity contribution in [1.29, 1.82) is 0 Å². The molecule has 3 rings (SSSR count). The first-order chi connectivity index (χ1) is 14.4. The van der Waals surface area contributed by atoms with Gasteiger partial charge < -0.3 is 14.7 Å². The lowest BCUT2D eigenvalue weighted by Crippen LogP contribution is -2.45. The molecular weight excluding hydrogens is 404 g/mol. The first kappa shape index (κ1) is 23.0. The number of hydrogen-bond donors (Lipinski definition) is 1. The number of rotatable bonds is 8. The smallest absolute Gasteiger partial charge is 0.257 e. The molecule has 1 aliphatic carbocycles. The lowest BCUT2D eigenvalue weighted by molar-refractivity contribution is 0.0526. The highest BCUT2D eigenvalue weighted by molar-refractivity contribution is 7.89. The number of hydrogen-bond acceptors (Lipinski definition) is 5. The molecule has 1 N–H and O–H groups in total. The number of ether oxygens (including phenoxy) is 1. The molecule has 1 aromatic carbocycles. The fourth-order valence-corrected chi connectivity index (χ4v) is 5.66. The van der Waals surface area contributed by atoms with Gasteiger partial charge >= 0.3 is 0 Å². The molecule has 1 saturated carbocycles. The summed E-state index contributed by atoms with van der Waals surface area (Å²) in [6.45, 7) is 3.24. The van der Waals surface area contributed by atoms with E-state index < -0.39 is 10.0 Å². The van der Waals surface area contributed by atoms with Gasteiger partial charge in [-0.2, -0.15) is 4.31 Å². The quantitative estimate of drug-likeness (QED) is 0.674. The van der Waals surface area contributed by atoms with E-state index in [-0.39, 0.29) is 29.0 Å². The Labute approximate surface area is 180 Å². The van der Waals surface area contributed by atoms with Gasteiger partial charge in [-0.25, -0.2) is 8.42 Å². The molecule has 2 aliphatic rings. The summed E-state index contributed by atoms with van der Waals surface area (Å²) in [7, 11) is -2.20. The van der Waals surface area contributed by atoms with E-state index in [9.17, 15) is 18.3 Å². The van der Waals surface area contributed by atoms with Gasteiger partial charge in [-0.05, 0) is 56.7 Å². The number of benzene rings is 1. The van der Waals surface area contributed by atoms with E-state index in [2.05, 4.69) is 0 Å². The number of nitrogens with zero attached hydrogens (tertiary/aromatic N) is 2. The van der Waals surface area contributed by atoms with E-state index in [1.54, 1.807) is 17.9 Å². The Morgan fingerprint density at radius 2 is 1.87 bits per heavy atom. The molecule has 0 spiro atoms. The van der Waals surface area contributed by atoms with Crippen LogP contribution in [0.25, 0.3) is 0 Å². The molecule has 168 valence electrons. The molecular formula is C22H34N2O5S. The van der Waals surface area contributed by atoms with Crippen LogP contribution in [0, 0.1) is 5.92 Å². The van der Waals surface area contributed by atoms with Crippen molar-refractivity contribution < 1.29 is 23.1 Å². The normalized spacial score (nSPS) is 19.6. The summed E-state index contributed by atoms with van der Waals surface area (Å²) in [4.78, 5) is 15.2. The van der Waals surface area contributed by atoms with Gasteiger partial charge in [-0.1, -0.05) is 19.3 Å². The van der Waals surface area contributed by atoms with Gasteiger partial charge in [0.2, 0.25) is 10.0 Å². The molecule has 7 nitrogen and oxygen atoms in total. The van der Waals surface area contributed by atoms with Crippen molar-refractivity contribution in [1.82, 2.24) is 9.21 Å². The van der Waals surface area contributed by atoms with Crippen LogP contribution in [0.1, 0.15) is 62.2 Å². The number of aliphatic hydroxyl groups excluding tert-OH is 1. The second-order valence-corrected chi connectivity index (χ2v) is 10.4. The van der Waals surface area contributed by atoms with Crippen LogP contribution in [0.5, 0.6) is 5.75 Å². The summed E-state index contributed by atoms with van der Waals surface area (Å²) < 4.78 is 33.4. The largest absolute Gasteiger partial charge is 0.496 e. The number of sulfonamides is 1. The maximum absolute atomic E-state index is 13.4. The first-order valence-electron chi connectivity index (χ1n) is 11.0. The summed E-state index contributed by atoms with van der Waals surface area (Å²) in [6.07, 6.45) is 7.08. The Kier molecular flexibility index (Phi) is 7.76. The third-order valence-electron chi connectivity index (χ3n) is 6.34. The van der Waals surface area contributed by atoms with Crippen molar-refractivity contribution in [2.45, 2.75) is 62.8 Å². The molecule has 1 saturated heterocycles. The molecule has 30 heavy (non-hydrogen) atoms. The van der Waals surface area contributed by atoms with E-state index >= 15 is 0 Å². The average Bonchev–Trinajstić information content (AvgIpc) is 3.01. The van der Waals surface area contributed by atoms with E-state index in [0.717, 1.165) is 44.9 Å². The second kappa shape index (κ2) is 10.1. The highest BCUT2D eigenvalue weighted by Crippen LogP contribution is 2.31. The number of aliphatic hydroxyl groups is 1. The maximum Gasteiger partial charge on any atom is 0.257 e. The van der Waals surface area contributed by atoms with Crippen LogP contribution >= 0.6 is 0 Å². The van der Waals surface area contributed by atoms with Crippen molar-refractivity contribution in [2.24, 2.45) is 5.92 Å². The zero-order valence-corrected chi connectivity index (χ0v) is 18.9. The molecule has 1 heterocycles. The Morgan fingerprint density at radius 1 is 1.20 bits per heavy atom. The molecule has 0 radical (unpaired) electrons. The van der Waals surface area contributed by atoms with Crippen molar-refractivity contribution in [3.63, 3.8) is 0 Å². The molecule has 0 bridgehead atoms. The number of methoxy groups -OCH3 is 1. The molecule has 8 heteroatoms. The Morgan fingerprint density at radius 3 is 2.40 bits per heavy atom. The lowest BCUT2D eigenvalue weighted by atomic mass is 9.84. The highest BCUT2D eigenvalue weighted by Gasteiger charge is 2.31. The van der Waals surface area contributed by atoms with E-state index in [4.69, 9.17) is 4.74 Å². The molecule has 1 atom stereocenters. The summed E-state index contributed by atoms with van der Waals surface area (Å²) in [5, 5.41) is 9.68. The fraction of sp³-hybridized carbons (Fsp3) is 0.682. The molecule has 1 aliphatic heterocycles. The van der Waals surface area contributed by atoms with Crippen molar-refractivity contribution >= 4 is 15.9 Å². The Hall–Kier alpha value is -1.64. The monoisotopic (exact) mass is 438 g/mol. The van der Waals surface area contributed by atoms with Crippen LogP contribution in [0.4, 0.5) is 0 Å². The predicted octanol–water partition coefficient (Wildman–Crippen LogP) is 2.88. The third kappa shape index (κ3) is 4.98. The number of amides is 1. The molecule has 2 fully saturated rings. The molecule has 0 unspecified atom stereocenters. The minimum absolute atomic E-state index is 0.119. The second-order valence-electron chi connectivity index (χ2n) is 8.47. The van der Waals surface area contributed by atoms with Gasteiger partial charge in [0.25, 0.3) is 5.91 Å². The average molecular weight is 439 g/mol. The number of carbonyl (C=O) groups is 1. The standard InChI is InChI=1S/C22H34N2O5S/c1-17(16-25)24(15-18-8-7-9-18)22(26)20-14-19(10-11-21(20)29-2)30(27,28)23-12-5-3-4-6-13-23/h10-11,14,17-18,25H,3-9,12-13,15-16H2,1-2H3/t17-/m0/s1. The van der Waals surface area contributed by atoms with E-state index in [1.165, 1.54) is 23.5 Å². The predicted molar refractivity (Wildman–Crippen MR) is 115 cm³/mol. The van der Waals surface area contributed by atoms with Gasteiger partial charge in [0, 0.05) is 19.6 Å². The zero-order chi connectivity index (χ0) is 21.7. The van der Waals surface area contributed by atoms with Gasteiger partial charge in [-0.3, -0.25) is 4.79 Å². The molecule has 0 aromatic heterocycles. The summed E-state index contributed by atoms with van der Waals surface area (Å²) in [6, 6.07) is 4.16. The van der Waals surface area contributed by atoms with E-state index in [1.807, 2.05) is 0 Å².